The monoisotopic (exact) mass is 291 g/mol. The van der Waals surface area contributed by atoms with Crippen molar-refractivity contribution in [1.29, 1.82) is 0 Å². The van der Waals surface area contributed by atoms with Crippen LogP contribution in [0.15, 0.2) is 30.3 Å². The Morgan fingerprint density at radius 1 is 1.30 bits per heavy atom. The van der Waals surface area contributed by atoms with Crippen LogP contribution < -0.4 is 5.32 Å². The Hall–Kier alpha value is -2.14. The quantitative estimate of drug-likeness (QED) is 0.876. The molecule has 0 atom stereocenters. The number of nitrogens with one attached hydrogen (secondary N) is 1. The number of nitrogens with zero attached hydrogens (tertiary/aromatic N) is 2. The third kappa shape index (κ3) is 3.05. The summed E-state index contributed by atoms with van der Waals surface area (Å²) in [6, 6.07) is 9.05. The van der Waals surface area contributed by atoms with Crippen LogP contribution in [-0.2, 0) is 4.79 Å². The van der Waals surface area contributed by atoms with E-state index < -0.39 is 5.91 Å². The molecule has 1 aromatic carbocycles. The Kier molecular flexibility index (Phi) is 4.20. The highest BCUT2D eigenvalue weighted by Crippen LogP contribution is 2.22. The molecule has 0 bridgehead atoms. The smallest absolute Gasteiger partial charge is 0.270 e. The number of rotatable bonds is 3. The van der Waals surface area contributed by atoms with Crippen molar-refractivity contribution >= 4 is 34.2 Å². The summed E-state index contributed by atoms with van der Waals surface area (Å²) in [5.74, 6) is -0.613. The van der Waals surface area contributed by atoms with Gasteiger partial charge in [-0.15, -0.1) is 0 Å². The summed E-state index contributed by atoms with van der Waals surface area (Å²) in [7, 11) is 3.25. The molecule has 2 aromatic rings. The zero-order valence-corrected chi connectivity index (χ0v) is 11.9. The number of carbonyl (C=O) groups excluding carboxylic acids is 2. The summed E-state index contributed by atoms with van der Waals surface area (Å²) in [5, 5.41) is 4.41. The topological polar surface area (TPSA) is 62.3 Å². The van der Waals surface area contributed by atoms with Gasteiger partial charge in [-0.3, -0.25) is 9.59 Å². The van der Waals surface area contributed by atoms with E-state index in [1.54, 1.807) is 20.2 Å². The largest absolute Gasteiger partial charge is 0.347 e. The van der Waals surface area contributed by atoms with Crippen LogP contribution in [0, 0.1) is 0 Å². The molecule has 0 aliphatic heterocycles. The van der Waals surface area contributed by atoms with E-state index in [9.17, 15) is 9.59 Å². The number of aromatic nitrogens is 1. The number of hydrogen-bond acceptors (Lipinski definition) is 3. The average Bonchev–Trinajstić information content (AvgIpc) is 2.44. The molecule has 6 heteroatoms. The van der Waals surface area contributed by atoms with Crippen LogP contribution in [0.5, 0.6) is 0 Å². The van der Waals surface area contributed by atoms with Crippen molar-refractivity contribution in [3.05, 3.63) is 41.2 Å². The molecule has 0 unspecified atom stereocenters. The van der Waals surface area contributed by atoms with Crippen molar-refractivity contribution in [2.45, 2.75) is 0 Å². The fraction of sp³-hybridized carbons (Fsp3) is 0.214. The third-order valence-corrected chi connectivity index (χ3v) is 3.11. The fourth-order valence-corrected chi connectivity index (χ4v) is 1.94. The highest BCUT2D eigenvalue weighted by Gasteiger charge is 2.12. The number of fused-ring (bicyclic) bond motifs is 1. The molecule has 5 nitrogen and oxygen atoms in total. The van der Waals surface area contributed by atoms with Crippen LogP contribution in [0.4, 0.5) is 0 Å². The van der Waals surface area contributed by atoms with E-state index in [4.69, 9.17) is 11.6 Å². The van der Waals surface area contributed by atoms with Gasteiger partial charge < -0.3 is 10.2 Å². The van der Waals surface area contributed by atoms with Crippen molar-refractivity contribution in [3.8, 4) is 0 Å². The van der Waals surface area contributed by atoms with Gasteiger partial charge in [-0.25, -0.2) is 4.98 Å². The maximum Gasteiger partial charge on any atom is 0.270 e. The molecule has 0 aliphatic rings. The molecule has 20 heavy (non-hydrogen) atoms. The van der Waals surface area contributed by atoms with E-state index in [2.05, 4.69) is 10.3 Å². The zero-order chi connectivity index (χ0) is 14.7. The van der Waals surface area contributed by atoms with Gasteiger partial charge in [0.1, 0.15) is 10.8 Å². The second-order valence-corrected chi connectivity index (χ2v) is 4.85. The number of benzene rings is 1. The number of hydrogen-bond donors (Lipinski definition) is 1. The Morgan fingerprint density at radius 3 is 2.70 bits per heavy atom. The van der Waals surface area contributed by atoms with Gasteiger partial charge >= 0.3 is 0 Å². The highest BCUT2D eigenvalue weighted by atomic mass is 35.5. The van der Waals surface area contributed by atoms with Gasteiger partial charge in [-0.05, 0) is 11.5 Å². The molecule has 1 N–H and O–H groups in total. The summed E-state index contributed by atoms with van der Waals surface area (Å²) in [6.07, 6.45) is 0. The lowest BCUT2D eigenvalue weighted by Crippen LogP contribution is -2.36. The predicted molar refractivity (Wildman–Crippen MR) is 77.8 cm³/mol. The van der Waals surface area contributed by atoms with Gasteiger partial charge in [-0.2, -0.15) is 0 Å². The molecule has 1 aromatic heterocycles. The van der Waals surface area contributed by atoms with E-state index in [1.807, 2.05) is 24.3 Å². The SMILES string of the molecule is CN(C)C(=O)CNC(=O)c1cc2ccccc2c(Cl)n1. The molecule has 1 heterocycles. The Balaban J connectivity index is 2.20. The van der Waals surface area contributed by atoms with Crippen LogP contribution in [-0.4, -0.2) is 42.3 Å². The first-order valence-electron chi connectivity index (χ1n) is 6.02. The molecule has 0 spiro atoms. The number of likely N-dealkylation sites (N-methyl/N-ethyl adjacent to an activating group) is 1. The summed E-state index contributed by atoms with van der Waals surface area (Å²) < 4.78 is 0. The normalized spacial score (nSPS) is 10.3. The second-order valence-electron chi connectivity index (χ2n) is 4.49. The molecule has 0 saturated heterocycles. The van der Waals surface area contributed by atoms with Gasteiger partial charge in [0.2, 0.25) is 5.91 Å². The van der Waals surface area contributed by atoms with Crippen molar-refractivity contribution in [2.24, 2.45) is 0 Å². The van der Waals surface area contributed by atoms with E-state index >= 15 is 0 Å². The minimum absolute atomic E-state index is 0.0715. The Morgan fingerprint density at radius 2 is 2.00 bits per heavy atom. The molecule has 2 amide bonds. The highest BCUT2D eigenvalue weighted by molar-refractivity contribution is 6.34. The first-order valence-corrected chi connectivity index (χ1v) is 6.40. The van der Waals surface area contributed by atoms with Crippen LogP contribution >= 0.6 is 11.6 Å². The third-order valence-electron chi connectivity index (χ3n) is 2.83. The number of amides is 2. The maximum absolute atomic E-state index is 12.0. The molecular formula is C14H14ClN3O2. The Labute approximate surface area is 121 Å². The standard InChI is InChI=1S/C14H14ClN3O2/c1-18(2)12(19)8-16-14(20)11-7-9-5-3-4-6-10(9)13(15)17-11/h3-7H,8H2,1-2H3,(H,16,20). The van der Waals surface area contributed by atoms with E-state index in [-0.39, 0.29) is 23.3 Å². The van der Waals surface area contributed by atoms with E-state index in [0.717, 1.165) is 10.8 Å². The number of halogens is 1. The lowest BCUT2D eigenvalue weighted by atomic mass is 10.1. The maximum atomic E-state index is 12.0. The summed E-state index contributed by atoms with van der Waals surface area (Å²) in [4.78, 5) is 28.8. The average molecular weight is 292 g/mol. The van der Waals surface area contributed by atoms with E-state index in [0.29, 0.717) is 0 Å². The molecule has 104 valence electrons. The first kappa shape index (κ1) is 14.3. The lowest BCUT2D eigenvalue weighted by molar-refractivity contribution is -0.127. The van der Waals surface area contributed by atoms with Crippen molar-refractivity contribution in [1.82, 2.24) is 15.2 Å². The van der Waals surface area contributed by atoms with Crippen LogP contribution in [0.25, 0.3) is 10.8 Å². The Bertz CT molecular complexity index is 671. The molecule has 0 saturated carbocycles. The molecule has 2 rings (SSSR count). The van der Waals surface area contributed by atoms with Gasteiger partial charge in [-0.1, -0.05) is 35.9 Å². The molecule has 0 fully saturated rings. The van der Waals surface area contributed by atoms with Gasteiger partial charge in [0.15, 0.2) is 0 Å². The van der Waals surface area contributed by atoms with Crippen molar-refractivity contribution < 1.29 is 9.59 Å². The van der Waals surface area contributed by atoms with E-state index in [1.165, 1.54) is 4.90 Å². The minimum Gasteiger partial charge on any atom is -0.347 e. The summed E-state index contributed by atoms with van der Waals surface area (Å²) in [6.45, 7) is -0.0715. The van der Waals surface area contributed by atoms with Gasteiger partial charge in [0, 0.05) is 19.5 Å². The molecule has 0 radical (unpaired) electrons. The number of carbonyl (C=O) groups is 2. The predicted octanol–water partition coefficient (Wildman–Crippen LogP) is 1.71. The first-order chi connectivity index (χ1) is 9.49. The second kappa shape index (κ2) is 5.88. The zero-order valence-electron chi connectivity index (χ0n) is 11.2. The summed E-state index contributed by atoms with van der Waals surface area (Å²) >= 11 is 6.05. The minimum atomic E-state index is -0.423. The van der Waals surface area contributed by atoms with Crippen LogP contribution in [0.3, 0.4) is 0 Å². The van der Waals surface area contributed by atoms with Crippen LogP contribution in [0.2, 0.25) is 5.15 Å². The summed E-state index contributed by atoms with van der Waals surface area (Å²) in [5.41, 5.74) is 0.195. The number of pyridine rings is 1. The molecular weight excluding hydrogens is 278 g/mol. The van der Waals surface area contributed by atoms with Crippen LogP contribution in [0.1, 0.15) is 10.5 Å². The van der Waals surface area contributed by atoms with Gasteiger partial charge in [0.05, 0.1) is 6.54 Å². The van der Waals surface area contributed by atoms with Gasteiger partial charge in [0.25, 0.3) is 5.91 Å². The van der Waals surface area contributed by atoms with Crippen molar-refractivity contribution in [3.63, 3.8) is 0 Å². The molecule has 0 aliphatic carbocycles. The van der Waals surface area contributed by atoms with Crippen molar-refractivity contribution in [2.75, 3.05) is 20.6 Å². The lowest BCUT2D eigenvalue weighted by Gasteiger charge is -2.11. The fourth-order valence-electron chi connectivity index (χ4n) is 1.68.